The molecule has 12 heavy (non-hydrogen) atoms. The maximum Gasteiger partial charge on any atom is 0.265 e. The summed E-state index contributed by atoms with van der Waals surface area (Å²) in [5, 5.41) is 8.29. The molecule has 0 saturated carbocycles. The van der Waals surface area contributed by atoms with E-state index in [0.29, 0.717) is 0 Å². The first-order valence-electron chi connectivity index (χ1n) is 3.07. The first kappa shape index (κ1) is 9.19. The molecule has 0 atom stereocenters. The van der Waals surface area contributed by atoms with Crippen molar-refractivity contribution in [1.82, 2.24) is 4.57 Å². The van der Waals surface area contributed by atoms with Crippen LogP contribution in [0.2, 0.25) is 0 Å². The molecule has 0 aliphatic heterocycles. The second-order valence-corrected chi connectivity index (χ2v) is 3.26. The molecule has 0 radical (unpaired) electrons. The van der Waals surface area contributed by atoms with Crippen molar-refractivity contribution < 1.29 is 4.39 Å². The van der Waals surface area contributed by atoms with Crippen molar-refractivity contribution in [1.29, 1.82) is 5.26 Å². The van der Waals surface area contributed by atoms with Crippen LogP contribution in [0.25, 0.3) is 0 Å². The first-order chi connectivity index (χ1) is 5.65. The third kappa shape index (κ3) is 1.82. The lowest BCUT2D eigenvalue weighted by Crippen LogP contribution is -2.21. The van der Waals surface area contributed by atoms with Crippen molar-refractivity contribution in [2.45, 2.75) is 6.54 Å². The quantitative estimate of drug-likeness (QED) is 0.722. The molecule has 1 aromatic rings. The van der Waals surface area contributed by atoms with Crippen molar-refractivity contribution in [2.24, 2.45) is 0 Å². The molecule has 0 saturated heterocycles. The van der Waals surface area contributed by atoms with Gasteiger partial charge in [0, 0.05) is 6.20 Å². The Balaban J connectivity index is 3.30. The minimum atomic E-state index is -0.505. The minimum Gasteiger partial charge on any atom is -0.298 e. The summed E-state index contributed by atoms with van der Waals surface area (Å²) in [5.74, 6) is -0.505. The fraction of sp³-hybridized carbons (Fsp3) is 0.143. The molecule has 0 N–H and O–H groups in total. The molecule has 0 fully saturated rings. The first-order valence-corrected chi connectivity index (χ1v) is 4.15. The van der Waals surface area contributed by atoms with Crippen molar-refractivity contribution in [3.8, 4) is 6.07 Å². The molecule has 0 amide bonds. The van der Waals surface area contributed by atoms with E-state index in [2.05, 4.69) is 0 Å². The van der Waals surface area contributed by atoms with E-state index < -0.39 is 5.82 Å². The Morgan fingerprint density at radius 3 is 3.00 bits per heavy atom. The maximum absolute atomic E-state index is 12.7. The molecule has 1 rings (SSSR count). The molecule has 1 heterocycles. The fourth-order valence-electron chi connectivity index (χ4n) is 0.758. The predicted molar refractivity (Wildman–Crippen MR) is 49.0 cm³/mol. The van der Waals surface area contributed by atoms with Crippen LogP contribution in [0.5, 0.6) is 0 Å². The van der Waals surface area contributed by atoms with Crippen LogP contribution in [0.3, 0.4) is 0 Å². The van der Waals surface area contributed by atoms with E-state index in [1.54, 1.807) is 28.7 Å². The van der Waals surface area contributed by atoms with E-state index in [4.69, 9.17) is 5.26 Å². The van der Waals surface area contributed by atoms with Gasteiger partial charge in [-0.2, -0.15) is 5.26 Å². The van der Waals surface area contributed by atoms with Crippen LogP contribution in [0, 0.1) is 20.7 Å². The number of rotatable bonds is 1. The zero-order chi connectivity index (χ0) is 9.14. The number of aromatic nitrogens is 1. The highest BCUT2D eigenvalue weighted by Crippen LogP contribution is 2.00. The van der Waals surface area contributed by atoms with Gasteiger partial charge >= 0.3 is 0 Å². The van der Waals surface area contributed by atoms with Crippen molar-refractivity contribution >= 4 is 22.6 Å². The summed E-state index contributed by atoms with van der Waals surface area (Å²) in [4.78, 5) is 11.1. The Hall–Kier alpha value is -0.900. The van der Waals surface area contributed by atoms with Gasteiger partial charge in [-0.3, -0.25) is 9.36 Å². The van der Waals surface area contributed by atoms with Crippen LogP contribution < -0.4 is 5.56 Å². The highest BCUT2D eigenvalue weighted by molar-refractivity contribution is 14.1. The predicted octanol–water partition coefficient (Wildman–Crippen LogP) is 1.12. The molecule has 0 unspecified atom stereocenters. The Kier molecular flexibility index (Phi) is 2.81. The molecule has 0 aliphatic carbocycles. The zero-order valence-electron chi connectivity index (χ0n) is 5.92. The standard InChI is InChI=1S/C7H4FIN2O/c8-5-3-6(9)7(12)11(4-5)2-1-10/h3-4H,2H2. The van der Waals surface area contributed by atoms with Gasteiger partial charge in [-0.25, -0.2) is 4.39 Å². The van der Waals surface area contributed by atoms with Crippen LogP contribution in [-0.4, -0.2) is 4.57 Å². The number of nitriles is 1. The Morgan fingerprint density at radius 1 is 1.75 bits per heavy atom. The molecule has 0 spiro atoms. The summed E-state index contributed by atoms with van der Waals surface area (Å²) in [6.45, 7) is -0.118. The van der Waals surface area contributed by atoms with E-state index in [1.807, 2.05) is 0 Å². The average molecular weight is 278 g/mol. The lowest BCUT2D eigenvalue weighted by Gasteiger charge is -1.99. The number of hydrogen-bond donors (Lipinski definition) is 0. The van der Waals surface area contributed by atoms with E-state index >= 15 is 0 Å². The largest absolute Gasteiger partial charge is 0.298 e. The third-order valence-electron chi connectivity index (χ3n) is 1.25. The number of hydrogen-bond acceptors (Lipinski definition) is 2. The smallest absolute Gasteiger partial charge is 0.265 e. The summed E-state index contributed by atoms with van der Waals surface area (Å²) < 4.78 is 14.0. The molecule has 3 nitrogen and oxygen atoms in total. The van der Waals surface area contributed by atoms with Gasteiger partial charge in [-0.1, -0.05) is 0 Å². The number of pyridine rings is 1. The van der Waals surface area contributed by atoms with Gasteiger partial charge in [0.1, 0.15) is 12.4 Å². The lowest BCUT2D eigenvalue weighted by atomic mass is 10.4. The normalized spacial score (nSPS) is 9.42. The summed E-state index contributed by atoms with van der Waals surface area (Å²) in [7, 11) is 0. The van der Waals surface area contributed by atoms with Crippen molar-refractivity contribution in [3.05, 3.63) is 32.0 Å². The van der Waals surface area contributed by atoms with Gasteiger partial charge in [-0.15, -0.1) is 0 Å². The highest BCUT2D eigenvalue weighted by atomic mass is 127. The van der Waals surface area contributed by atoms with Gasteiger partial charge in [-0.05, 0) is 28.7 Å². The summed E-state index contributed by atoms with van der Waals surface area (Å²) in [6, 6.07) is 2.91. The second-order valence-electron chi connectivity index (χ2n) is 2.10. The van der Waals surface area contributed by atoms with Crippen LogP contribution in [-0.2, 0) is 6.54 Å². The van der Waals surface area contributed by atoms with E-state index in [9.17, 15) is 9.18 Å². The van der Waals surface area contributed by atoms with Gasteiger partial charge in [0.05, 0.1) is 9.64 Å². The molecule has 0 aliphatic rings. The van der Waals surface area contributed by atoms with Gasteiger partial charge in [0.15, 0.2) is 0 Å². The van der Waals surface area contributed by atoms with E-state index in [1.165, 1.54) is 0 Å². The number of halogens is 2. The fourth-order valence-corrected chi connectivity index (χ4v) is 1.37. The van der Waals surface area contributed by atoms with Crippen LogP contribution >= 0.6 is 22.6 Å². The number of nitrogens with zero attached hydrogens (tertiary/aromatic N) is 2. The Labute approximate surface area is 81.6 Å². The van der Waals surface area contributed by atoms with Crippen LogP contribution in [0.15, 0.2) is 17.1 Å². The van der Waals surface area contributed by atoms with Gasteiger partial charge < -0.3 is 0 Å². The zero-order valence-corrected chi connectivity index (χ0v) is 8.08. The molecule has 5 heteroatoms. The maximum atomic E-state index is 12.7. The summed E-state index contributed by atoms with van der Waals surface area (Å²) in [6.07, 6.45) is 1.02. The lowest BCUT2D eigenvalue weighted by molar-refractivity contribution is 0.596. The molecular formula is C7H4FIN2O. The molecular weight excluding hydrogens is 274 g/mol. The van der Waals surface area contributed by atoms with Gasteiger partial charge in [0.25, 0.3) is 5.56 Å². The topological polar surface area (TPSA) is 45.8 Å². The summed E-state index contributed by atoms with van der Waals surface area (Å²) >= 11 is 1.73. The van der Waals surface area contributed by atoms with Gasteiger partial charge in [0.2, 0.25) is 0 Å². The third-order valence-corrected chi connectivity index (χ3v) is 2.02. The van der Waals surface area contributed by atoms with E-state index in [0.717, 1.165) is 16.8 Å². The average Bonchev–Trinajstić information content (AvgIpc) is 2.00. The van der Waals surface area contributed by atoms with Crippen molar-refractivity contribution in [2.75, 3.05) is 0 Å². The SMILES string of the molecule is N#CCn1cc(F)cc(I)c1=O. The Bertz CT molecular complexity index is 393. The van der Waals surface area contributed by atoms with Crippen molar-refractivity contribution in [3.63, 3.8) is 0 Å². The molecule has 0 aromatic carbocycles. The van der Waals surface area contributed by atoms with Crippen LogP contribution in [0.4, 0.5) is 4.39 Å². The molecule has 1 aromatic heterocycles. The highest BCUT2D eigenvalue weighted by Gasteiger charge is 2.02. The molecule has 0 bridgehead atoms. The molecule has 62 valence electrons. The van der Waals surface area contributed by atoms with E-state index in [-0.39, 0.29) is 15.7 Å². The monoisotopic (exact) mass is 278 g/mol. The summed E-state index contributed by atoms with van der Waals surface area (Å²) in [5.41, 5.74) is -0.335. The minimum absolute atomic E-state index is 0.118. The Morgan fingerprint density at radius 2 is 2.42 bits per heavy atom. The second kappa shape index (κ2) is 3.67. The van der Waals surface area contributed by atoms with Crippen LogP contribution in [0.1, 0.15) is 0 Å².